The minimum Gasteiger partial charge on any atom is -0.474 e. The second-order valence-corrected chi connectivity index (χ2v) is 5.79. The van der Waals surface area contributed by atoms with Crippen molar-refractivity contribution in [3.8, 4) is 5.75 Å². The van der Waals surface area contributed by atoms with E-state index < -0.39 is 11.0 Å². The molecule has 21 heavy (non-hydrogen) atoms. The van der Waals surface area contributed by atoms with Crippen molar-refractivity contribution in [2.24, 2.45) is 0 Å². The summed E-state index contributed by atoms with van der Waals surface area (Å²) in [5.41, 5.74) is -0.594. The van der Waals surface area contributed by atoms with Gasteiger partial charge in [-0.2, -0.15) is 0 Å². The van der Waals surface area contributed by atoms with Crippen LogP contribution in [0.15, 0.2) is 18.2 Å². The third-order valence-corrected chi connectivity index (χ3v) is 3.37. The summed E-state index contributed by atoms with van der Waals surface area (Å²) in [7, 11) is 0. The third kappa shape index (κ3) is 4.90. The first kappa shape index (κ1) is 17.2. The number of halogens is 1. The lowest BCUT2D eigenvalue weighted by molar-refractivity contribution is -0.386. The molecule has 116 valence electrons. The summed E-state index contributed by atoms with van der Waals surface area (Å²) < 4.78 is 5.40. The highest BCUT2D eigenvalue weighted by atomic mass is 35.5. The number of nitro benzene ring substituents is 1. The topological polar surface area (TPSA) is 81.5 Å². The molecule has 0 saturated carbocycles. The molecule has 0 saturated heterocycles. The van der Waals surface area contributed by atoms with E-state index in [0.29, 0.717) is 5.02 Å². The Morgan fingerprint density at radius 1 is 1.52 bits per heavy atom. The Kier molecular flexibility index (Phi) is 5.54. The zero-order valence-electron chi connectivity index (χ0n) is 12.5. The number of nitrogens with one attached hydrogen (secondary N) is 1. The van der Waals surface area contributed by atoms with Gasteiger partial charge in [0, 0.05) is 22.7 Å². The standard InChI is InChI=1S/C14H19ClN2O4/c1-5-14(3,4)16-13(18)9(2)21-12-8-10(15)6-7-11(12)17(19)20/h6-9H,5H2,1-4H3,(H,16,18). The Balaban J connectivity index is 2.88. The number of hydrogen-bond donors (Lipinski definition) is 1. The first-order valence-electron chi connectivity index (χ1n) is 6.59. The Hall–Kier alpha value is -1.82. The number of amides is 1. The molecule has 1 N–H and O–H groups in total. The quantitative estimate of drug-likeness (QED) is 0.645. The molecule has 0 radical (unpaired) electrons. The molecule has 1 atom stereocenters. The van der Waals surface area contributed by atoms with Gasteiger partial charge in [-0.05, 0) is 33.3 Å². The zero-order chi connectivity index (χ0) is 16.2. The maximum Gasteiger partial charge on any atom is 0.311 e. The van der Waals surface area contributed by atoms with Crippen molar-refractivity contribution in [2.75, 3.05) is 0 Å². The number of ether oxygens (including phenoxy) is 1. The first-order chi connectivity index (χ1) is 9.66. The predicted octanol–water partition coefficient (Wildman–Crippen LogP) is 3.32. The highest BCUT2D eigenvalue weighted by Gasteiger charge is 2.25. The number of nitro groups is 1. The molecule has 0 aliphatic carbocycles. The molecule has 7 heteroatoms. The van der Waals surface area contributed by atoms with E-state index in [0.717, 1.165) is 6.42 Å². The Labute approximate surface area is 128 Å². The molecule has 0 fully saturated rings. The molecule has 1 unspecified atom stereocenters. The van der Waals surface area contributed by atoms with Gasteiger partial charge in [0.15, 0.2) is 11.9 Å². The van der Waals surface area contributed by atoms with Crippen LogP contribution in [0.5, 0.6) is 5.75 Å². The third-order valence-electron chi connectivity index (χ3n) is 3.14. The number of rotatable bonds is 6. The average Bonchev–Trinajstić information content (AvgIpc) is 2.37. The summed E-state index contributed by atoms with van der Waals surface area (Å²) in [5.74, 6) is -0.361. The molecular weight excluding hydrogens is 296 g/mol. The second-order valence-electron chi connectivity index (χ2n) is 5.36. The molecule has 1 aromatic rings. The molecule has 0 bridgehead atoms. The summed E-state index contributed by atoms with van der Waals surface area (Å²) >= 11 is 5.81. The molecular formula is C14H19ClN2O4. The number of benzene rings is 1. The van der Waals surface area contributed by atoms with Crippen molar-refractivity contribution >= 4 is 23.2 Å². The molecule has 0 aromatic heterocycles. The summed E-state index contributed by atoms with van der Waals surface area (Å²) in [4.78, 5) is 22.4. The predicted molar refractivity (Wildman–Crippen MR) is 80.7 cm³/mol. The highest BCUT2D eigenvalue weighted by Crippen LogP contribution is 2.30. The largest absolute Gasteiger partial charge is 0.474 e. The van der Waals surface area contributed by atoms with Crippen LogP contribution in [0.25, 0.3) is 0 Å². The van der Waals surface area contributed by atoms with Crippen LogP contribution in [-0.2, 0) is 4.79 Å². The van der Waals surface area contributed by atoms with Gasteiger partial charge < -0.3 is 10.1 Å². The van der Waals surface area contributed by atoms with Crippen LogP contribution in [0, 0.1) is 10.1 Å². The summed E-state index contributed by atoms with van der Waals surface area (Å²) in [5, 5.41) is 14.1. The average molecular weight is 315 g/mol. The van der Waals surface area contributed by atoms with Gasteiger partial charge in [0.2, 0.25) is 0 Å². The molecule has 6 nitrogen and oxygen atoms in total. The number of nitrogens with zero attached hydrogens (tertiary/aromatic N) is 1. The Bertz CT molecular complexity index is 546. The van der Waals surface area contributed by atoms with E-state index in [1.807, 2.05) is 20.8 Å². The van der Waals surface area contributed by atoms with Gasteiger partial charge in [0.25, 0.3) is 5.91 Å². The van der Waals surface area contributed by atoms with Gasteiger partial charge in [0.1, 0.15) is 0 Å². The normalized spacial score (nSPS) is 12.6. The van der Waals surface area contributed by atoms with E-state index in [9.17, 15) is 14.9 Å². The molecule has 1 amide bonds. The van der Waals surface area contributed by atoms with E-state index in [4.69, 9.17) is 16.3 Å². The fourth-order valence-electron chi connectivity index (χ4n) is 1.50. The lowest BCUT2D eigenvalue weighted by Crippen LogP contribution is -2.48. The van der Waals surface area contributed by atoms with Crippen LogP contribution < -0.4 is 10.1 Å². The van der Waals surface area contributed by atoms with E-state index in [2.05, 4.69) is 5.32 Å². The SMILES string of the molecule is CCC(C)(C)NC(=O)C(C)Oc1cc(Cl)ccc1[N+](=O)[O-]. The fraction of sp³-hybridized carbons (Fsp3) is 0.500. The summed E-state index contributed by atoms with van der Waals surface area (Å²) in [6, 6.07) is 3.98. The van der Waals surface area contributed by atoms with Gasteiger partial charge in [-0.25, -0.2) is 0 Å². The molecule has 0 spiro atoms. The maximum atomic E-state index is 12.0. The smallest absolute Gasteiger partial charge is 0.311 e. The minimum absolute atomic E-state index is 0.0237. The van der Waals surface area contributed by atoms with E-state index in [1.165, 1.54) is 25.1 Å². The van der Waals surface area contributed by atoms with Crippen LogP contribution in [-0.4, -0.2) is 22.5 Å². The van der Waals surface area contributed by atoms with Crippen LogP contribution in [0.1, 0.15) is 34.1 Å². The number of hydrogen-bond acceptors (Lipinski definition) is 4. The Morgan fingerprint density at radius 2 is 2.14 bits per heavy atom. The van der Waals surface area contributed by atoms with Gasteiger partial charge >= 0.3 is 5.69 Å². The van der Waals surface area contributed by atoms with Gasteiger partial charge in [-0.15, -0.1) is 0 Å². The molecule has 0 aliphatic heterocycles. The number of carbonyl (C=O) groups excluding carboxylic acids is 1. The van der Waals surface area contributed by atoms with Crippen LogP contribution >= 0.6 is 11.6 Å². The lowest BCUT2D eigenvalue weighted by Gasteiger charge is -2.26. The van der Waals surface area contributed by atoms with Gasteiger partial charge in [-0.3, -0.25) is 14.9 Å². The molecule has 0 aliphatic rings. The van der Waals surface area contributed by atoms with Crippen molar-refractivity contribution in [1.82, 2.24) is 5.32 Å². The van der Waals surface area contributed by atoms with Crippen molar-refractivity contribution in [2.45, 2.75) is 45.8 Å². The second kappa shape index (κ2) is 6.76. The lowest BCUT2D eigenvalue weighted by atomic mass is 10.0. The van der Waals surface area contributed by atoms with E-state index in [1.54, 1.807) is 0 Å². The van der Waals surface area contributed by atoms with Crippen molar-refractivity contribution < 1.29 is 14.5 Å². The molecule has 1 rings (SSSR count). The molecule has 0 heterocycles. The minimum atomic E-state index is -0.868. The van der Waals surface area contributed by atoms with Crippen molar-refractivity contribution in [3.63, 3.8) is 0 Å². The molecule has 1 aromatic carbocycles. The Morgan fingerprint density at radius 3 is 2.67 bits per heavy atom. The van der Waals surface area contributed by atoms with Gasteiger partial charge in [-0.1, -0.05) is 18.5 Å². The first-order valence-corrected chi connectivity index (χ1v) is 6.96. The van der Waals surface area contributed by atoms with E-state index >= 15 is 0 Å². The van der Waals surface area contributed by atoms with Gasteiger partial charge in [0.05, 0.1) is 4.92 Å². The highest BCUT2D eigenvalue weighted by molar-refractivity contribution is 6.30. The zero-order valence-corrected chi connectivity index (χ0v) is 13.2. The van der Waals surface area contributed by atoms with Crippen LogP contribution in [0.4, 0.5) is 5.69 Å². The van der Waals surface area contributed by atoms with Crippen molar-refractivity contribution in [3.05, 3.63) is 33.3 Å². The van der Waals surface area contributed by atoms with Crippen molar-refractivity contribution in [1.29, 1.82) is 0 Å². The van der Waals surface area contributed by atoms with Crippen LogP contribution in [0.3, 0.4) is 0 Å². The fourth-order valence-corrected chi connectivity index (χ4v) is 1.66. The van der Waals surface area contributed by atoms with Crippen LogP contribution in [0.2, 0.25) is 5.02 Å². The van der Waals surface area contributed by atoms with E-state index in [-0.39, 0.29) is 22.9 Å². The number of carbonyl (C=O) groups is 1. The summed E-state index contributed by atoms with van der Waals surface area (Å²) in [6.45, 7) is 7.26. The summed E-state index contributed by atoms with van der Waals surface area (Å²) in [6.07, 6.45) is -0.115. The maximum absolute atomic E-state index is 12.0. The monoisotopic (exact) mass is 314 g/mol.